The second-order valence-electron chi connectivity index (χ2n) is 14.1. The number of carbonyl (C=O) groups is 2. The molecule has 67 heavy (non-hydrogen) atoms. The highest BCUT2D eigenvalue weighted by Gasteiger charge is 2.19. The number of alkyl halides is 1. The maximum atomic E-state index is 13.3. The number of halogens is 4. The molecule has 0 unspecified atom stereocenters. The molecule has 0 saturated carbocycles. The molecule has 0 fully saturated rings. The fourth-order valence-electron chi connectivity index (χ4n) is 6.60. The maximum absolute atomic E-state index is 13.3. The molecule has 2 aromatic heterocycles. The van der Waals surface area contributed by atoms with Crippen LogP contribution in [0.2, 0.25) is 0 Å². The number of hydrogen-bond donors (Lipinski definition) is 4. The van der Waals surface area contributed by atoms with Crippen molar-refractivity contribution in [1.29, 1.82) is 5.26 Å². The minimum atomic E-state index is -3.54. The van der Waals surface area contributed by atoms with E-state index < -0.39 is 33.1 Å². The SMILES string of the molecule is CNS(=O)(=O)c1ccc(CNC(=O)c2cc(Br)cc3c2cnn3-c2ccc(F)cc2)cc1.CNS(=O)(=O)c1ccc(CNC(=O)c2cc(C#N)cc3c2cnn3-c2ccc(F)cc2)cc1.[2H]CF. The van der Waals surface area contributed by atoms with Gasteiger partial charge in [-0.15, -0.1) is 0 Å². The fourth-order valence-corrected chi connectivity index (χ4v) is 8.50. The number of rotatable bonds is 12. The smallest absolute Gasteiger partial charge is 0.252 e. The van der Waals surface area contributed by atoms with Gasteiger partial charge in [-0.3, -0.25) is 14.0 Å². The second kappa shape index (κ2) is 21.4. The van der Waals surface area contributed by atoms with Gasteiger partial charge in [0.05, 0.1) is 75.9 Å². The van der Waals surface area contributed by atoms with Crippen LogP contribution in [0, 0.1) is 23.0 Å². The summed E-state index contributed by atoms with van der Waals surface area (Å²) in [7, 11) is -5.38. The van der Waals surface area contributed by atoms with Gasteiger partial charge in [-0.05, 0) is 122 Å². The average Bonchev–Trinajstić information content (AvgIpc) is 3.98. The Kier molecular flexibility index (Phi) is 15.2. The Morgan fingerprint density at radius 2 is 1.04 bits per heavy atom. The van der Waals surface area contributed by atoms with Crippen LogP contribution in [0.15, 0.2) is 148 Å². The van der Waals surface area contributed by atoms with Crippen molar-refractivity contribution in [3.63, 3.8) is 0 Å². The summed E-state index contributed by atoms with van der Waals surface area (Å²) < 4.78 is 97.8. The number of amides is 2. The van der Waals surface area contributed by atoms with Crippen molar-refractivity contribution in [1.82, 2.24) is 39.6 Å². The lowest BCUT2D eigenvalue weighted by Crippen LogP contribution is -2.23. The molecule has 15 nitrogen and oxygen atoms in total. The van der Waals surface area contributed by atoms with E-state index in [1.165, 1.54) is 79.6 Å². The van der Waals surface area contributed by atoms with Gasteiger partial charge in [0.1, 0.15) is 11.6 Å². The van der Waals surface area contributed by atoms with Crippen LogP contribution in [0.1, 0.15) is 38.8 Å². The minimum absolute atomic E-state index is 0.122. The van der Waals surface area contributed by atoms with Gasteiger partial charge >= 0.3 is 0 Å². The van der Waals surface area contributed by atoms with Gasteiger partial charge in [0.15, 0.2) is 0 Å². The van der Waals surface area contributed by atoms with Crippen molar-refractivity contribution in [2.24, 2.45) is 0 Å². The second-order valence-corrected chi connectivity index (χ2v) is 18.8. The van der Waals surface area contributed by atoms with E-state index in [9.17, 15) is 44.9 Å². The lowest BCUT2D eigenvalue weighted by atomic mass is 10.1. The van der Waals surface area contributed by atoms with E-state index in [0.29, 0.717) is 48.8 Å². The maximum Gasteiger partial charge on any atom is 0.252 e. The highest BCUT2D eigenvalue weighted by atomic mass is 79.9. The molecule has 4 N–H and O–H groups in total. The van der Waals surface area contributed by atoms with Crippen LogP contribution >= 0.6 is 15.9 Å². The molecule has 0 saturated heterocycles. The first-order chi connectivity index (χ1) is 32.5. The van der Waals surface area contributed by atoms with E-state index in [4.69, 9.17) is 1.37 Å². The topological polar surface area (TPSA) is 210 Å². The standard InChI is InChI=1S/C23H18FN5O3S.C22H18BrFN4O3S.CH3F/c1-26-33(31,32)19-8-2-15(3-9-19)13-27-23(30)20-10-16(12-25)11-22-21(20)14-28-29(22)18-6-4-17(24)5-7-18;1-25-32(30,31)18-8-2-14(3-9-18)12-26-22(29)19-10-15(23)11-21-20(19)13-27-28(21)17-6-4-16(24)5-7-17;1-2/h2-11,14,26H,13H2,1H3,(H,27,30);2-11,13,25H,12H2,1H3,(H,26,29);1H3/i;;1D. The largest absolute Gasteiger partial charge is 0.348 e. The molecular weight excluding hydrogens is 976 g/mol. The zero-order valence-electron chi connectivity index (χ0n) is 36.3. The molecule has 2 amide bonds. The molecule has 344 valence electrons. The molecule has 0 spiro atoms. The van der Waals surface area contributed by atoms with Crippen molar-refractivity contribution < 1.29 is 41.0 Å². The lowest BCUT2D eigenvalue weighted by molar-refractivity contribution is 0.0944. The molecule has 0 radical (unpaired) electrons. The van der Waals surface area contributed by atoms with Crippen LogP contribution in [0.4, 0.5) is 13.2 Å². The van der Waals surface area contributed by atoms with Crippen LogP contribution in [0.5, 0.6) is 0 Å². The van der Waals surface area contributed by atoms with E-state index in [0.717, 1.165) is 5.56 Å². The number of fused-ring (bicyclic) bond motifs is 2. The van der Waals surface area contributed by atoms with Crippen molar-refractivity contribution in [3.8, 4) is 17.4 Å². The lowest BCUT2D eigenvalue weighted by Gasteiger charge is -2.09. The van der Waals surface area contributed by atoms with Crippen LogP contribution in [0.25, 0.3) is 33.2 Å². The van der Waals surface area contributed by atoms with Gasteiger partial charge in [-0.25, -0.2) is 44.4 Å². The Morgan fingerprint density at radius 3 is 1.43 bits per heavy atom. The van der Waals surface area contributed by atoms with Crippen molar-refractivity contribution in [2.75, 3.05) is 21.2 Å². The molecule has 8 rings (SSSR count). The predicted octanol–water partition coefficient (Wildman–Crippen LogP) is 7.23. The Balaban J connectivity index is 0.000000212. The summed E-state index contributed by atoms with van der Waals surface area (Å²) in [6.07, 6.45) is 3.11. The summed E-state index contributed by atoms with van der Waals surface area (Å²) in [5.74, 6) is -1.45. The van der Waals surface area contributed by atoms with E-state index in [1.807, 2.05) is 12.1 Å². The third-order valence-electron chi connectivity index (χ3n) is 10.0. The Hall–Kier alpha value is -7.22. The highest BCUT2D eigenvalue weighted by Crippen LogP contribution is 2.28. The summed E-state index contributed by atoms with van der Waals surface area (Å²) >= 11 is 3.44. The number of nitriles is 1. The number of hydrogen-bond acceptors (Lipinski definition) is 9. The van der Waals surface area contributed by atoms with Gasteiger partial charge in [-0.1, -0.05) is 40.2 Å². The van der Waals surface area contributed by atoms with Gasteiger partial charge in [0, 0.05) is 28.3 Å². The van der Waals surface area contributed by atoms with E-state index in [2.05, 4.69) is 46.2 Å². The molecule has 21 heteroatoms. The molecule has 8 aromatic rings. The summed E-state index contributed by atoms with van der Waals surface area (Å²) in [4.78, 5) is 26.1. The zero-order valence-corrected chi connectivity index (χ0v) is 38.6. The van der Waals surface area contributed by atoms with E-state index in [1.54, 1.807) is 71.5 Å². The number of nitrogens with zero attached hydrogens (tertiary/aromatic N) is 5. The number of carbonyl (C=O) groups excluding carboxylic acids is 2. The molecular formula is C46H39BrF3N9O6S2. The van der Waals surface area contributed by atoms with E-state index >= 15 is 0 Å². The van der Waals surface area contributed by atoms with Gasteiger partial charge in [0.2, 0.25) is 20.0 Å². The first kappa shape index (κ1) is 47.7. The molecule has 0 aliphatic rings. The number of nitrogens with one attached hydrogen (secondary N) is 4. The van der Waals surface area contributed by atoms with Crippen molar-refractivity contribution >= 4 is 69.6 Å². The third-order valence-corrected chi connectivity index (χ3v) is 13.3. The molecule has 0 aliphatic heterocycles. The summed E-state index contributed by atoms with van der Waals surface area (Å²) in [6.45, 7) is 0.377. The first-order valence-corrected chi connectivity index (χ1v) is 23.4. The molecule has 2 heterocycles. The zero-order chi connectivity index (χ0) is 49.2. The van der Waals surface area contributed by atoms with Crippen molar-refractivity contribution in [3.05, 3.63) is 178 Å². The predicted molar refractivity (Wildman–Crippen MR) is 249 cm³/mol. The molecule has 0 atom stereocenters. The Bertz CT molecular complexity index is 3370. The number of aromatic nitrogens is 4. The van der Waals surface area contributed by atoms with Gasteiger partial charge in [-0.2, -0.15) is 15.5 Å². The minimum Gasteiger partial charge on any atom is -0.348 e. The number of sulfonamides is 2. The summed E-state index contributed by atoms with van der Waals surface area (Å²) in [5, 5.41) is 24.9. The number of benzene rings is 6. The first-order valence-electron chi connectivity index (χ1n) is 20.3. The highest BCUT2D eigenvalue weighted by molar-refractivity contribution is 9.10. The van der Waals surface area contributed by atoms with Gasteiger partial charge < -0.3 is 10.6 Å². The summed E-state index contributed by atoms with van der Waals surface area (Å²) in [6, 6.07) is 32.7. The third kappa shape index (κ3) is 11.4. The molecule has 6 aromatic carbocycles. The monoisotopic (exact) mass is 1010 g/mol. The Labute approximate surface area is 392 Å². The summed E-state index contributed by atoms with van der Waals surface area (Å²) in [5.41, 5.74) is 4.91. The van der Waals surface area contributed by atoms with Crippen LogP contribution < -0.4 is 20.1 Å². The molecule has 0 bridgehead atoms. The fraction of sp³-hybridized carbons (Fsp3) is 0.109. The van der Waals surface area contributed by atoms with Crippen LogP contribution in [-0.4, -0.2) is 69.5 Å². The van der Waals surface area contributed by atoms with Crippen molar-refractivity contribution in [2.45, 2.75) is 22.9 Å². The molecule has 0 aliphatic carbocycles. The Morgan fingerprint density at radius 1 is 0.657 bits per heavy atom. The van der Waals surface area contributed by atoms with Gasteiger partial charge in [0.25, 0.3) is 11.8 Å². The normalized spacial score (nSPS) is 11.4. The van der Waals surface area contributed by atoms with Crippen LogP contribution in [-0.2, 0) is 33.1 Å². The van der Waals surface area contributed by atoms with E-state index in [-0.39, 0.29) is 51.5 Å². The quantitative estimate of drug-likeness (QED) is 0.0972. The van der Waals surface area contributed by atoms with Crippen LogP contribution in [0.3, 0.4) is 0 Å². The average molecular weight is 1020 g/mol.